The van der Waals surface area contributed by atoms with Gasteiger partial charge in [0, 0.05) is 22.8 Å². The molecule has 1 aliphatic rings. The van der Waals surface area contributed by atoms with Gasteiger partial charge in [-0.25, -0.2) is 0 Å². The van der Waals surface area contributed by atoms with Gasteiger partial charge in [0.1, 0.15) is 5.75 Å². The molecule has 5 nitrogen and oxygen atoms in total. The number of anilines is 1. The van der Waals surface area contributed by atoms with Crippen LogP contribution in [0.2, 0.25) is 0 Å². The van der Waals surface area contributed by atoms with E-state index in [1.807, 2.05) is 0 Å². The Kier molecular flexibility index (Phi) is 3.47. The molecule has 0 aliphatic carbocycles. The van der Waals surface area contributed by atoms with Crippen LogP contribution in [0.3, 0.4) is 0 Å². The summed E-state index contributed by atoms with van der Waals surface area (Å²) in [6, 6.07) is 10.3. The van der Waals surface area contributed by atoms with Crippen LogP contribution in [0.15, 0.2) is 36.4 Å². The van der Waals surface area contributed by atoms with Crippen molar-refractivity contribution in [2.24, 2.45) is 0 Å². The van der Waals surface area contributed by atoms with Gasteiger partial charge in [-0.2, -0.15) is 0 Å². The number of nitrogens with one attached hydrogen (secondary N) is 1. The topological polar surface area (TPSA) is 67.8 Å². The summed E-state index contributed by atoms with van der Waals surface area (Å²) < 4.78 is 10.5. The van der Waals surface area contributed by atoms with Crippen LogP contribution in [-0.2, 0) is 4.79 Å². The van der Waals surface area contributed by atoms with E-state index < -0.39 is 0 Å². The van der Waals surface area contributed by atoms with Crippen LogP contribution < -0.4 is 14.8 Å². The Morgan fingerprint density at radius 2 is 1.77 bits per heavy atom. The molecule has 2 aromatic rings. The van der Waals surface area contributed by atoms with Gasteiger partial charge in [-0.15, -0.1) is 0 Å². The molecule has 0 fully saturated rings. The molecular weight excluding hydrogens is 282 g/mol. The van der Waals surface area contributed by atoms with Crippen LogP contribution >= 0.6 is 0 Å². The Labute approximate surface area is 127 Å². The van der Waals surface area contributed by atoms with Crippen molar-refractivity contribution in [2.75, 3.05) is 19.5 Å². The summed E-state index contributed by atoms with van der Waals surface area (Å²) in [4.78, 5) is 12.2. The second kappa shape index (κ2) is 5.44. The molecule has 0 unspecified atom stereocenters. The van der Waals surface area contributed by atoms with E-state index in [1.165, 1.54) is 0 Å². The van der Waals surface area contributed by atoms with E-state index in [4.69, 9.17) is 9.47 Å². The highest BCUT2D eigenvalue weighted by Gasteiger charge is 2.26. The lowest BCUT2D eigenvalue weighted by molar-refractivity contribution is -0.110. The number of phenolic OH excluding ortho intramolecular Hbond substituents is 1. The van der Waals surface area contributed by atoms with Gasteiger partial charge in [0.2, 0.25) is 0 Å². The van der Waals surface area contributed by atoms with Crippen molar-refractivity contribution in [3.8, 4) is 17.2 Å². The van der Waals surface area contributed by atoms with Crippen LogP contribution in [0.25, 0.3) is 11.6 Å². The van der Waals surface area contributed by atoms with Gasteiger partial charge in [0.05, 0.1) is 19.9 Å². The molecular formula is C17H15NO4. The molecule has 0 saturated heterocycles. The number of carbonyl (C=O) groups excluding carboxylic acids is 1. The first-order chi connectivity index (χ1) is 10.6. The summed E-state index contributed by atoms with van der Waals surface area (Å²) >= 11 is 0. The van der Waals surface area contributed by atoms with Gasteiger partial charge >= 0.3 is 0 Å². The highest BCUT2D eigenvalue weighted by atomic mass is 16.5. The van der Waals surface area contributed by atoms with Crippen molar-refractivity contribution in [1.29, 1.82) is 0 Å². The molecule has 22 heavy (non-hydrogen) atoms. The summed E-state index contributed by atoms with van der Waals surface area (Å²) in [6.07, 6.45) is 1.66. The molecule has 0 aromatic heterocycles. The maximum absolute atomic E-state index is 12.2. The first-order valence-corrected chi connectivity index (χ1v) is 6.71. The number of para-hydroxylation sites is 1. The molecule has 2 aromatic carbocycles. The normalized spacial score (nSPS) is 14.6. The van der Waals surface area contributed by atoms with Crippen molar-refractivity contribution in [1.82, 2.24) is 0 Å². The van der Waals surface area contributed by atoms with E-state index in [9.17, 15) is 9.90 Å². The Bertz CT molecular complexity index is 780. The fourth-order valence-electron chi connectivity index (χ4n) is 2.43. The van der Waals surface area contributed by atoms with Gasteiger partial charge in [-0.3, -0.25) is 4.79 Å². The lowest BCUT2D eigenvalue weighted by Gasteiger charge is -2.09. The van der Waals surface area contributed by atoms with E-state index in [0.717, 1.165) is 0 Å². The van der Waals surface area contributed by atoms with E-state index in [2.05, 4.69) is 5.32 Å². The fraction of sp³-hybridized carbons (Fsp3) is 0.118. The van der Waals surface area contributed by atoms with Crippen LogP contribution in [0, 0.1) is 0 Å². The summed E-state index contributed by atoms with van der Waals surface area (Å²) in [7, 11) is 3.08. The molecule has 0 saturated carbocycles. The molecule has 1 amide bonds. The number of aromatic hydroxyl groups is 1. The molecule has 0 atom stereocenters. The summed E-state index contributed by atoms with van der Waals surface area (Å²) in [5, 5.41) is 12.7. The Morgan fingerprint density at radius 1 is 1.09 bits per heavy atom. The van der Waals surface area contributed by atoms with E-state index in [0.29, 0.717) is 33.9 Å². The van der Waals surface area contributed by atoms with Gasteiger partial charge in [-0.1, -0.05) is 18.2 Å². The first-order valence-electron chi connectivity index (χ1n) is 6.71. The lowest BCUT2D eigenvalue weighted by atomic mass is 10.0. The number of benzene rings is 2. The highest BCUT2D eigenvalue weighted by molar-refractivity contribution is 6.35. The molecule has 3 rings (SSSR count). The minimum absolute atomic E-state index is 0.122. The number of phenols is 1. The number of rotatable bonds is 3. The first kappa shape index (κ1) is 14.0. The number of hydrogen-bond donors (Lipinski definition) is 2. The van der Waals surface area contributed by atoms with E-state index >= 15 is 0 Å². The van der Waals surface area contributed by atoms with Crippen LogP contribution in [0.4, 0.5) is 5.69 Å². The Morgan fingerprint density at radius 3 is 2.45 bits per heavy atom. The zero-order valence-electron chi connectivity index (χ0n) is 12.2. The number of carbonyl (C=O) groups is 1. The molecule has 2 N–H and O–H groups in total. The molecule has 0 bridgehead atoms. The molecule has 0 spiro atoms. The lowest BCUT2D eigenvalue weighted by Crippen LogP contribution is -2.03. The number of ether oxygens (including phenoxy) is 2. The minimum atomic E-state index is -0.228. The second-order valence-corrected chi connectivity index (χ2v) is 4.82. The van der Waals surface area contributed by atoms with E-state index in [1.54, 1.807) is 56.7 Å². The number of methoxy groups -OCH3 is 2. The summed E-state index contributed by atoms with van der Waals surface area (Å²) in [5.41, 5.74) is 2.42. The highest BCUT2D eigenvalue weighted by Crippen LogP contribution is 2.41. The van der Waals surface area contributed by atoms with Crippen molar-refractivity contribution < 1.29 is 19.4 Å². The second-order valence-electron chi connectivity index (χ2n) is 4.82. The van der Waals surface area contributed by atoms with Crippen LogP contribution in [-0.4, -0.2) is 25.2 Å². The van der Waals surface area contributed by atoms with Gasteiger partial charge < -0.3 is 19.9 Å². The smallest absolute Gasteiger partial charge is 0.256 e. The number of amides is 1. The molecule has 1 heterocycles. The maximum Gasteiger partial charge on any atom is 0.256 e. The molecule has 0 radical (unpaired) electrons. The quantitative estimate of drug-likeness (QED) is 0.855. The molecule has 112 valence electrons. The summed E-state index contributed by atoms with van der Waals surface area (Å²) in [5.74, 6) is 0.983. The van der Waals surface area contributed by atoms with Crippen molar-refractivity contribution in [2.45, 2.75) is 0 Å². The average molecular weight is 297 g/mol. The molecule has 5 heteroatoms. The zero-order chi connectivity index (χ0) is 15.7. The standard InChI is InChI=1S/C17H15NO4/c1-21-15-8-11-12(7-10-5-3-4-6-14(10)19)17(20)18-13(11)9-16(15)22-2/h3-9,19H,1-2H3,(H,18,20)/b12-7-. The average Bonchev–Trinajstić information content (AvgIpc) is 2.83. The SMILES string of the molecule is COc1cc2c(cc1OC)/C(=C/c1ccccc1O)C(=O)N2. The van der Waals surface area contributed by atoms with Crippen molar-refractivity contribution in [3.63, 3.8) is 0 Å². The van der Waals surface area contributed by atoms with Gasteiger partial charge in [0.15, 0.2) is 11.5 Å². The number of hydrogen-bond acceptors (Lipinski definition) is 4. The predicted molar refractivity (Wildman–Crippen MR) is 84.2 cm³/mol. The monoisotopic (exact) mass is 297 g/mol. The Balaban J connectivity index is 2.14. The van der Waals surface area contributed by atoms with Gasteiger partial charge in [-0.05, 0) is 18.2 Å². The third-order valence-electron chi connectivity index (χ3n) is 3.54. The number of fused-ring (bicyclic) bond motifs is 1. The predicted octanol–water partition coefficient (Wildman–Crippen LogP) is 2.90. The third kappa shape index (κ3) is 2.26. The minimum Gasteiger partial charge on any atom is -0.507 e. The van der Waals surface area contributed by atoms with Crippen molar-refractivity contribution >= 4 is 23.2 Å². The van der Waals surface area contributed by atoms with Crippen LogP contribution in [0.1, 0.15) is 11.1 Å². The maximum atomic E-state index is 12.2. The fourth-order valence-corrected chi connectivity index (χ4v) is 2.43. The molecule has 1 aliphatic heterocycles. The Hall–Kier alpha value is -2.95. The van der Waals surface area contributed by atoms with Crippen molar-refractivity contribution in [3.05, 3.63) is 47.5 Å². The summed E-state index contributed by atoms with van der Waals surface area (Å²) in [6.45, 7) is 0. The largest absolute Gasteiger partial charge is 0.507 e. The van der Waals surface area contributed by atoms with Gasteiger partial charge in [0.25, 0.3) is 5.91 Å². The third-order valence-corrected chi connectivity index (χ3v) is 3.54. The van der Waals surface area contributed by atoms with Crippen LogP contribution in [0.5, 0.6) is 17.2 Å². The zero-order valence-corrected chi connectivity index (χ0v) is 12.2. The van der Waals surface area contributed by atoms with E-state index in [-0.39, 0.29) is 11.7 Å².